The van der Waals surface area contributed by atoms with Crippen molar-refractivity contribution in [3.63, 3.8) is 0 Å². The Morgan fingerprint density at radius 2 is 1.73 bits per heavy atom. The molecule has 0 aliphatic carbocycles. The number of carbonyl (C=O) groups excluding carboxylic acids is 2. The molecule has 0 fully saturated rings. The Balaban J connectivity index is 2.11. The van der Waals surface area contributed by atoms with Crippen LogP contribution in [0.3, 0.4) is 0 Å². The molecule has 164 valence electrons. The SMILES string of the molecule is CCCC(=O)N(CCCOCC)CC(=O)N(Cc1ccccc1)Cc1cccn1C. The third-order valence-electron chi connectivity index (χ3n) is 5.04. The van der Waals surface area contributed by atoms with E-state index in [1.54, 1.807) is 4.90 Å². The first-order valence-corrected chi connectivity index (χ1v) is 10.8. The molecule has 2 amide bonds. The molecule has 0 saturated heterocycles. The first kappa shape index (κ1) is 23.7. The average Bonchev–Trinajstić information content (AvgIpc) is 3.15. The standard InChI is InChI=1S/C24H35N3O3/c1-4-11-23(28)26(16-10-17-30-5-2)20-24(29)27(18-21-12-7-6-8-13-21)19-22-14-9-15-25(22)3/h6-9,12-15H,4-5,10-11,16-20H2,1-3H3. The molecule has 6 nitrogen and oxygen atoms in total. The predicted octanol–water partition coefficient (Wildman–Crippen LogP) is 3.61. The molecule has 1 aromatic heterocycles. The van der Waals surface area contributed by atoms with Crippen molar-refractivity contribution in [2.75, 3.05) is 26.3 Å². The minimum absolute atomic E-state index is 0.0286. The van der Waals surface area contributed by atoms with Gasteiger partial charge < -0.3 is 19.1 Å². The highest BCUT2D eigenvalue weighted by atomic mass is 16.5. The largest absolute Gasteiger partial charge is 0.382 e. The van der Waals surface area contributed by atoms with Gasteiger partial charge in [-0.05, 0) is 37.5 Å². The molecule has 1 heterocycles. The van der Waals surface area contributed by atoms with Crippen LogP contribution in [0.5, 0.6) is 0 Å². The zero-order valence-electron chi connectivity index (χ0n) is 18.5. The van der Waals surface area contributed by atoms with Crippen molar-refractivity contribution in [2.45, 2.75) is 46.2 Å². The van der Waals surface area contributed by atoms with Gasteiger partial charge >= 0.3 is 0 Å². The number of nitrogens with zero attached hydrogens (tertiary/aromatic N) is 3. The molecule has 30 heavy (non-hydrogen) atoms. The number of ether oxygens (including phenoxy) is 1. The molecule has 6 heteroatoms. The Kier molecular flexibility index (Phi) is 10.1. The van der Waals surface area contributed by atoms with Gasteiger partial charge in [-0.3, -0.25) is 9.59 Å². The first-order valence-electron chi connectivity index (χ1n) is 10.8. The molecule has 0 atom stereocenters. The van der Waals surface area contributed by atoms with Crippen LogP contribution >= 0.6 is 0 Å². The molecule has 2 aromatic rings. The Labute approximate surface area is 180 Å². The van der Waals surface area contributed by atoms with E-state index in [0.29, 0.717) is 39.3 Å². The van der Waals surface area contributed by atoms with E-state index < -0.39 is 0 Å². The zero-order valence-corrected chi connectivity index (χ0v) is 18.5. The fourth-order valence-corrected chi connectivity index (χ4v) is 3.32. The molecule has 0 unspecified atom stereocenters. The smallest absolute Gasteiger partial charge is 0.242 e. The monoisotopic (exact) mass is 413 g/mol. The molecule has 0 aliphatic rings. The summed E-state index contributed by atoms with van der Waals surface area (Å²) >= 11 is 0. The first-order chi connectivity index (χ1) is 14.5. The van der Waals surface area contributed by atoms with Crippen LogP contribution in [0.15, 0.2) is 48.7 Å². The van der Waals surface area contributed by atoms with Crippen molar-refractivity contribution in [3.8, 4) is 0 Å². The Morgan fingerprint density at radius 3 is 2.37 bits per heavy atom. The summed E-state index contributed by atoms with van der Waals surface area (Å²) in [6.07, 6.45) is 3.93. The summed E-state index contributed by atoms with van der Waals surface area (Å²) in [5, 5.41) is 0. The molecule has 1 aromatic carbocycles. The number of hydrogen-bond acceptors (Lipinski definition) is 3. The van der Waals surface area contributed by atoms with E-state index >= 15 is 0 Å². The van der Waals surface area contributed by atoms with Crippen molar-refractivity contribution in [2.24, 2.45) is 7.05 Å². The van der Waals surface area contributed by atoms with E-state index in [0.717, 1.165) is 24.1 Å². The molecule has 0 saturated carbocycles. The minimum Gasteiger partial charge on any atom is -0.382 e. The van der Waals surface area contributed by atoms with E-state index in [9.17, 15) is 9.59 Å². The fraction of sp³-hybridized carbons (Fsp3) is 0.500. The lowest BCUT2D eigenvalue weighted by Gasteiger charge is -2.28. The third kappa shape index (κ3) is 7.67. The van der Waals surface area contributed by atoms with Gasteiger partial charge in [0.1, 0.15) is 0 Å². The maximum absolute atomic E-state index is 13.3. The van der Waals surface area contributed by atoms with Crippen molar-refractivity contribution in [1.82, 2.24) is 14.4 Å². The molecule has 0 radical (unpaired) electrons. The second-order valence-electron chi connectivity index (χ2n) is 7.46. The van der Waals surface area contributed by atoms with Crippen LogP contribution in [0.4, 0.5) is 0 Å². The number of aryl methyl sites for hydroxylation is 1. The number of rotatable bonds is 13. The van der Waals surface area contributed by atoms with Crippen LogP contribution in [0.2, 0.25) is 0 Å². The van der Waals surface area contributed by atoms with Gasteiger partial charge in [0.05, 0.1) is 13.1 Å². The van der Waals surface area contributed by atoms with Crippen LogP contribution in [0.1, 0.15) is 44.4 Å². The highest BCUT2D eigenvalue weighted by molar-refractivity contribution is 5.84. The van der Waals surface area contributed by atoms with Crippen LogP contribution in [0.25, 0.3) is 0 Å². The van der Waals surface area contributed by atoms with E-state index in [1.807, 2.05) is 79.0 Å². The van der Waals surface area contributed by atoms with Crippen molar-refractivity contribution in [1.29, 1.82) is 0 Å². The summed E-state index contributed by atoms with van der Waals surface area (Å²) in [5.74, 6) is -0.0122. The molecule has 0 aliphatic heterocycles. The lowest BCUT2D eigenvalue weighted by atomic mass is 10.2. The van der Waals surface area contributed by atoms with Crippen LogP contribution < -0.4 is 0 Å². The van der Waals surface area contributed by atoms with E-state index in [-0.39, 0.29) is 18.4 Å². The van der Waals surface area contributed by atoms with Crippen LogP contribution in [0, 0.1) is 0 Å². The normalized spacial score (nSPS) is 10.8. The van der Waals surface area contributed by atoms with Gasteiger partial charge in [-0.15, -0.1) is 0 Å². The summed E-state index contributed by atoms with van der Waals surface area (Å²) < 4.78 is 7.42. The molecule has 0 spiro atoms. The topological polar surface area (TPSA) is 54.8 Å². The summed E-state index contributed by atoms with van der Waals surface area (Å²) in [4.78, 5) is 29.4. The zero-order chi connectivity index (χ0) is 21.8. The maximum Gasteiger partial charge on any atom is 0.242 e. The van der Waals surface area contributed by atoms with Gasteiger partial charge in [-0.25, -0.2) is 0 Å². The summed E-state index contributed by atoms with van der Waals surface area (Å²) in [6, 6.07) is 14.0. The summed E-state index contributed by atoms with van der Waals surface area (Å²) in [7, 11) is 1.98. The molecular weight excluding hydrogens is 378 g/mol. The van der Waals surface area contributed by atoms with E-state index in [4.69, 9.17) is 4.74 Å². The molecule has 0 bridgehead atoms. The van der Waals surface area contributed by atoms with Crippen molar-refractivity contribution < 1.29 is 14.3 Å². The molecular formula is C24H35N3O3. The fourth-order valence-electron chi connectivity index (χ4n) is 3.32. The van der Waals surface area contributed by atoms with Gasteiger partial charge in [0.2, 0.25) is 11.8 Å². The lowest BCUT2D eigenvalue weighted by molar-refractivity contribution is -0.141. The van der Waals surface area contributed by atoms with Gasteiger partial charge in [-0.2, -0.15) is 0 Å². The quantitative estimate of drug-likeness (QED) is 0.472. The van der Waals surface area contributed by atoms with Gasteiger partial charge in [0.25, 0.3) is 0 Å². The second kappa shape index (κ2) is 12.9. The van der Waals surface area contributed by atoms with Crippen molar-refractivity contribution >= 4 is 11.8 Å². The van der Waals surface area contributed by atoms with Gasteiger partial charge in [0, 0.05) is 51.7 Å². The lowest BCUT2D eigenvalue weighted by Crippen LogP contribution is -2.43. The Morgan fingerprint density at radius 1 is 0.967 bits per heavy atom. The summed E-state index contributed by atoms with van der Waals surface area (Å²) in [6.45, 7) is 6.84. The predicted molar refractivity (Wildman–Crippen MR) is 119 cm³/mol. The second-order valence-corrected chi connectivity index (χ2v) is 7.46. The summed E-state index contributed by atoms with van der Waals surface area (Å²) in [5.41, 5.74) is 2.13. The molecule has 0 N–H and O–H groups in total. The minimum atomic E-state index is -0.0408. The Bertz CT molecular complexity index is 773. The van der Waals surface area contributed by atoms with E-state index in [1.165, 1.54) is 0 Å². The van der Waals surface area contributed by atoms with Gasteiger partial charge in [0.15, 0.2) is 0 Å². The highest BCUT2D eigenvalue weighted by Gasteiger charge is 2.22. The number of aromatic nitrogens is 1. The number of amides is 2. The third-order valence-corrected chi connectivity index (χ3v) is 5.04. The van der Waals surface area contributed by atoms with E-state index in [2.05, 4.69) is 0 Å². The van der Waals surface area contributed by atoms with Gasteiger partial charge in [-0.1, -0.05) is 37.3 Å². The Hall–Kier alpha value is -2.60. The van der Waals surface area contributed by atoms with Crippen molar-refractivity contribution in [3.05, 3.63) is 59.9 Å². The maximum atomic E-state index is 13.3. The van der Waals surface area contributed by atoms with Crippen LogP contribution in [-0.2, 0) is 34.5 Å². The number of benzene rings is 1. The highest BCUT2D eigenvalue weighted by Crippen LogP contribution is 2.12. The van der Waals surface area contributed by atoms with Crippen LogP contribution in [-0.4, -0.2) is 52.5 Å². The number of hydrogen-bond donors (Lipinski definition) is 0. The molecule has 2 rings (SSSR count). The number of carbonyl (C=O) groups is 2. The average molecular weight is 414 g/mol.